The zero-order valence-corrected chi connectivity index (χ0v) is 13.4. The van der Waals surface area contributed by atoms with E-state index in [1.165, 1.54) is 24.3 Å². The van der Waals surface area contributed by atoms with Crippen LogP contribution in [0.25, 0.3) is 12.2 Å². The quantitative estimate of drug-likeness (QED) is 0.651. The Hall–Kier alpha value is -2.34. The van der Waals surface area contributed by atoms with E-state index in [4.69, 9.17) is 4.42 Å². The van der Waals surface area contributed by atoms with E-state index in [-0.39, 0.29) is 11.5 Å². The third-order valence-corrected chi connectivity index (χ3v) is 3.61. The Labute approximate surface area is 139 Å². The highest BCUT2D eigenvalue weighted by atomic mass is 79.9. The van der Waals surface area contributed by atoms with E-state index in [9.17, 15) is 8.78 Å². The van der Waals surface area contributed by atoms with Gasteiger partial charge in [0.25, 0.3) is 0 Å². The van der Waals surface area contributed by atoms with E-state index in [1.807, 2.05) is 24.3 Å². The lowest BCUT2D eigenvalue weighted by atomic mass is 10.1. The van der Waals surface area contributed by atoms with Crippen molar-refractivity contribution in [1.29, 1.82) is 0 Å². The zero-order chi connectivity index (χ0) is 16.2. The van der Waals surface area contributed by atoms with E-state index in [1.54, 1.807) is 0 Å². The molecule has 0 amide bonds. The Morgan fingerprint density at radius 3 is 2.70 bits per heavy atom. The van der Waals surface area contributed by atoms with Crippen LogP contribution in [0.3, 0.4) is 0 Å². The third kappa shape index (κ3) is 3.90. The number of halogens is 3. The summed E-state index contributed by atoms with van der Waals surface area (Å²) in [7, 11) is 0. The fraction of sp³-hybridized carbons (Fsp3) is 0.0588. The maximum absolute atomic E-state index is 13.5. The van der Waals surface area contributed by atoms with Crippen molar-refractivity contribution >= 4 is 28.1 Å². The second-order valence-corrected chi connectivity index (χ2v) is 5.73. The maximum Gasteiger partial charge on any atom is 0.240 e. The smallest absolute Gasteiger partial charge is 0.240 e. The summed E-state index contributed by atoms with van der Waals surface area (Å²) >= 11 is 3.40. The van der Waals surface area contributed by atoms with Gasteiger partial charge in [-0.05, 0) is 29.8 Å². The lowest BCUT2D eigenvalue weighted by Gasteiger charge is -1.97. The second-order valence-electron chi connectivity index (χ2n) is 4.82. The molecule has 116 valence electrons. The molecule has 3 nitrogen and oxygen atoms in total. The van der Waals surface area contributed by atoms with Crippen LogP contribution in [0.5, 0.6) is 0 Å². The molecular formula is C17H11BrF2N2O. The zero-order valence-electron chi connectivity index (χ0n) is 11.8. The van der Waals surface area contributed by atoms with Crippen molar-refractivity contribution in [3.05, 3.63) is 81.5 Å². The van der Waals surface area contributed by atoms with Crippen molar-refractivity contribution in [2.24, 2.45) is 0 Å². The molecule has 1 heterocycles. The Balaban J connectivity index is 1.74. The molecule has 3 aromatic rings. The Bertz CT molecular complexity index is 861. The van der Waals surface area contributed by atoms with Gasteiger partial charge in [-0.3, -0.25) is 0 Å². The minimum absolute atomic E-state index is 0.122. The van der Waals surface area contributed by atoms with Gasteiger partial charge in [-0.1, -0.05) is 40.2 Å². The van der Waals surface area contributed by atoms with Crippen LogP contribution < -0.4 is 0 Å². The highest BCUT2D eigenvalue weighted by molar-refractivity contribution is 9.10. The molecule has 1 aromatic heterocycles. The Morgan fingerprint density at radius 2 is 1.87 bits per heavy atom. The van der Waals surface area contributed by atoms with Crippen molar-refractivity contribution in [1.82, 2.24) is 10.2 Å². The Morgan fingerprint density at radius 1 is 1.04 bits per heavy atom. The van der Waals surface area contributed by atoms with E-state index in [0.717, 1.165) is 16.1 Å². The van der Waals surface area contributed by atoms with E-state index in [0.29, 0.717) is 12.3 Å². The molecule has 0 bridgehead atoms. The van der Waals surface area contributed by atoms with Crippen molar-refractivity contribution in [2.45, 2.75) is 6.42 Å². The van der Waals surface area contributed by atoms with E-state index >= 15 is 0 Å². The second kappa shape index (κ2) is 6.83. The van der Waals surface area contributed by atoms with Crippen LogP contribution in [-0.2, 0) is 6.42 Å². The molecule has 6 heteroatoms. The minimum atomic E-state index is -0.905. The minimum Gasteiger partial charge on any atom is -0.421 e. The molecule has 2 aromatic carbocycles. The number of benzene rings is 2. The van der Waals surface area contributed by atoms with Crippen LogP contribution in [0, 0.1) is 11.6 Å². The first-order valence-electron chi connectivity index (χ1n) is 6.81. The van der Waals surface area contributed by atoms with Gasteiger partial charge in [0.05, 0.1) is 6.42 Å². The first-order valence-corrected chi connectivity index (χ1v) is 7.60. The van der Waals surface area contributed by atoms with Gasteiger partial charge in [0.2, 0.25) is 11.8 Å². The average molecular weight is 377 g/mol. The molecule has 0 fully saturated rings. The molecule has 0 unspecified atom stereocenters. The maximum atomic E-state index is 13.5. The first kappa shape index (κ1) is 15.6. The largest absolute Gasteiger partial charge is 0.421 e. The van der Waals surface area contributed by atoms with Gasteiger partial charge in [-0.2, -0.15) is 0 Å². The fourth-order valence-electron chi connectivity index (χ4n) is 2.04. The monoisotopic (exact) mass is 376 g/mol. The highest BCUT2D eigenvalue weighted by Gasteiger charge is 2.07. The molecule has 3 rings (SSSR count). The summed E-state index contributed by atoms with van der Waals surface area (Å²) in [4.78, 5) is 0. The van der Waals surface area contributed by atoms with Crippen LogP contribution in [0.1, 0.15) is 22.9 Å². The molecule has 0 N–H and O–H groups in total. The number of hydrogen-bond acceptors (Lipinski definition) is 3. The lowest BCUT2D eigenvalue weighted by Crippen LogP contribution is -1.87. The van der Waals surface area contributed by atoms with Gasteiger partial charge in [-0.15, -0.1) is 10.2 Å². The molecule has 0 radical (unpaired) electrons. The predicted molar refractivity (Wildman–Crippen MR) is 86.5 cm³/mol. The third-order valence-electron chi connectivity index (χ3n) is 3.11. The molecule has 0 aliphatic rings. The summed E-state index contributed by atoms with van der Waals surface area (Å²) in [5, 5.41) is 7.81. The molecule has 0 saturated heterocycles. The van der Waals surface area contributed by atoms with Gasteiger partial charge < -0.3 is 4.42 Å². The molecular weight excluding hydrogens is 366 g/mol. The van der Waals surface area contributed by atoms with E-state index in [2.05, 4.69) is 26.1 Å². The summed E-state index contributed by atoms with van der Waals surface area (Å²) in [5.41, 5.74) is 1.14. The predicted octanol–water partition coefficient (Wildman–Crippen LogP) is 4.87. The molecule has 0 aliphatic heterocycles. The van der Waals surface area contributed by atoms with Gasteiger partial charge >= 0.3 is 0 Å². The fourth-order valence-corrected chi connectivity index (χ4v) is 2.48. The standard InChI is InChI=1S/C17H11BrF2N2O/c18-13-5-1-3-11(9-13)10-16-22-21-15(23-16)8-7-12-4-2-6-14(19)17(12)20/h1-9H,10H2. The molecule has 0 spiro atoms. The summed E-state index contributed by atoms with van der Waals surface area (Å²) < 4.78 is 33.1. The van der Waals surface area contributed by atoms with Gasteiger partial charge in [0.15, 0.2) is 11.6 Å². The van der Waals surface area contributed by atoms with Crippen LogP contribution in [0.4, 0.5) is 8.78 Å². The van der Waals surface area contributed by atoms with Crippen LogP contribution >= 0.6 is 15.9 Å². The number of hydrogen-bond donors (Lipinski definition) is 0. The summed E-state index contributed by atoms with van der Waals surface area (Å²) in [6.45, 7) is 0. The van der Waals surface area contributed by atoms with Crippen LogP contribution in [-0.4, -0.2) is 10.2 Å². The van der Waals surface area contributed by atoms with Crippen molar-refractivity contribution in [3.63, 3.8) is 0 Å². The van der Waals surface area contributed by atoms with Crippen LogP contribution in [0.2, 0.25) is 0 Å². The van der Waals surface area contributed by atoms with Crippen LogP contribution in [0.15, 0.2) is 51.4 Å². The molecule has 0 atom stereocenters. The average Bonchev–Trinajstić information content (AvgIpc) is 2.96. The van der Waals surface area contributed by atoms with Crippen molar-refractivity contribution in [2.75, 3.05) is 0 Å². The van der Waals surface area contributed by atoms with Gasteiger partial charge in [0, 0.05) is 16.1 Å². The topological polar surface area (TPSA) is 38.9 Å². The Kier molecular flexibility index (Phi) is 4.62. The summed E-state index contributed by atoms with van der Waals surface area (Å²) in [6.07, 6.45) is 3.35. The summed E-state index contributed by atoms with van der Waals surface area (Å²) in [6, 6.07) is 11.7. The number of nitrogens with zero attached hydrogens (tertiary/aromatic N) is 2. The van der Waals surface area contributed by atoms with Crippen molar-refractivity contribution < 1.29 is 13.2 Å². The number of rotatable bonds is 4. The SMILES string of the molecule is Fc1cccc(C=Cc2nnc(Cc3cccc(Br)c3)o2)c1F. The molecule has 0 saturated carbocycles. The lowest BCUT2D eigenvalue weighted by molar-refractivity contribution is 0.496. The van der Waals surface area contributed by atoms with Crippen molar-refractivity contribution in [3.8, 4) is 0 Å². The molecule has 0 aliphatic carbocycles. The first-order chi connectivity index (χ1) is 11.1. The van der Waals surface area contributed by atoms with Gasteiger partial charge in [0.1, 0.15) is 0 Å². The highest BCUT2D eigenvalue weighted by Crippen LogP contribution is 2.17. The number of aromatic nitrogens is 2. The normalized spacial score (nSPS) is 11.3. The van der Waals surface area contributed by atoms with E-state index < -0.39 is 11.6 Å². The van der Waals surface area contributed by atoms with Gasteiger partial charge in [-0.25, -0.2) is 8.78 Å². The molecule has 23 heavy (non-hydrogen) atoms. The summed E-state index contributed by atoms with van der Waals surface area (Å²) in [5.74, 6) is -1.12.